The molecular formula is C21H26N3O2. The molecular weight excluding hydrogens is 326 g/mol. The Morgan fingerprint density at radius 3 is 2.46 bits per heavy atom. The highest BCUT2D eigenvalue weighted by molar-refractivity contribution is 5.93. The smallest absolute Gasteiger partial charge is 0.357 e. The molecule has 0 spiro atoms. The average molecular weight is 352 g/mol. The maximum atomic E-state index is 12.6. The van der Waals surface area contributed by atoms with Crippen molar-refractivity contribution in [3.05, 3.63) is 47.8 Å². The van der Waals surface area contributed by atoms with Gasteiger partial charge in [-0.2, -0.15) is 0 Å². The van der Waals surface area contributed by atoms with E-state index in [1.54, 1.807) is 0 Å². The van der Waals surface area contributed by atoms with Crippen LogP contribution in [0.2, 0.25) is 0 Å². The Kier molecular flexibility index (Phi) is 5.28. The van der Waals surface area contributed by atoms with Crippen LogP contribution in [-0.2, 0) is 4.74 Å². The Morgan fingerprint density at radius 1 is 1.19 bits per heavy atom. The molecule has 0 atom stereocenters. The number of carbonyl (C=O) groups is 1. The molecule has 5 heteroatoms. The van der Waals surface area contributed by atoms with Gasteiger partial charge in [-0.1, -0.05) is 30.3 Å². The van der Waals surface area contributed by atoms with Crippen LogP contribution in [0.15, 0.2) is 30.3 Å². The average Bonchev–Trinajstić information content (AvgIpc) is 2.61. The van der Waals surface area contributed by atoms with Crippen LogP contribution in [0, 0.1) is 13.1 Å². The lowest BCUT2D eigenvalue weighted by atomic mass is 10.00. The van der Waals surface area contributed by atoms with Crippen LogP contribution in [0.1, 0.15) is 36.8 Å². The van der Waals surface area contributed by atoms with Crippen LogP contribution in [0.4, 0.5) is 5.69 Å². The summed E-state index contributed by atoms with van der Waals surface area (Å²) in [7, 11) is 0. The van der Waals surface area contributed by atoms with Crippen molar-refractivity contribution in [3.8, 4) is 11.1 Å². The quantitative estimate of drug-likeness (QED) is 0.860. The molecule has 0 aliphatic carbocycles. The van der Waals surface area contributed by atoms with Crippen molar-refractivity contribution in [2.75, 3.05) is 31.1 Å². The summed E-state index contributed by atoms with van der Waals surface area (Å²) < 4.78 is 5.54. The number of piperazine rings is 1. The summed E-state index contributed by atoms with van der Waals surface area (Å²) in [5, 5.41) is 3.37. The lowest BCUT2D eigenvalue weighted by Crippen LogP contribution is -2.44. The minimum Gasteiger partial charge on any atom is -0.455 e. The van der Waals surface area contributed by atoms with Crippen molar-refractivity contribution in [1.29, 1.82) is 0 Å². The van der Waals surface area contributed by atoms with E-state index in [-0.39, 0.29) is 0 Å². The van der Waals surface area contributed by atoms with Gasteiger partial charge in [0, 0.05) is 37.3 Å². The second kappa shape index (κ2) is 7.46. The number of hydrogen-bond donors (Lipinski definition) is 1. The maximum Gasteiger partial charge on any atom is 0.357 e. The molecule has 2 heterocycles. The minimum absolute atomic E-state index is 0.341. The maximum absolute atomic E-state index is 12.6. The number of pyridine rings is 1. The summed E-state index contributed by atoms with van der Waals surface area (Å²) in [5.74, 6) is -0.401. The Balaban J connectivity index is 2.09. The van der Waals surface area contributed by atoms with Crippen molar-refractivity contribution < 1.29 is 9.53 Å². The van der Waals surface area contributed by atoms with Gasteiger partial charge >= 0.3 is 5.97 Å². The highest BCUT2D eigenvalue weighted by atomic mass is 16.6. The van der Waals surface area contributed by atoms with Gasteiger partial charge in [0.15, 0.2) is 5.69 Å². The number of hydrogen-bond acceptors (Lipinski definition) is 5. The molecule has 3 rings (SSSR count). The third-order valence-corrected chi connectivity index (χ3v) is 4.31. The number of nitrogens with one attached hydrogen (secondary N) is 1. The van der Waals surface area contributed by atoms with Crippen LogP contribution in [0.5, 0.6) is 0 Å². The number of carbonyl (C=O) groups excluding carboxylic acids is 1. The molecule has 1 aliphatic rings. The first-order valence-electron chi connectivity index (χ1n) is 9.03. The van der Waals surface area contributed by atoms with E-state index in [1.165, 1.54) is 0 Å². The van der Waals surface area contributed by atoms with Gasteiger partial charge in [0.2, 0.25) is 0 Å². The van der Waals surface area contributed by atoms with Crippen molar-refractivity contribution in [1.82, 2.24) is 10.3 Å². The molecule has 1 radical (unpaired) electrons. The highest BCUT2D eigenvalue weighted by Gasteiger charge is 2.26. The van der Waals surface area contributed by atoms with Gasteiger partial charge in [0.1, 0.15) is 11.8 Å². The number of esters is 1. The molecule has 1 fully saturated rings. The first-order chi connectivity index (χ1) is 12.4. The van der Waals surface area contributed by atoms with Crippen LogP contribution in [0.3, 0.4) is 0 Å². The summed E-state index contributed by atoms with van der Waals surface area (Å²) in [6.07, 6.45) is 3.11. The lowest BCUT2D eigenvalue weighted by Gasteiger charge is -2.33. The Morgan fingerprint density at radius 2 is 1.85 bits per heavy atom. The van der Waals surface area contributed by atoms with E-state index < -0.39 is 11.6 Å². The second-order valence-electron chi connectivity index (χ2n) is 7.53. The number of rotatable bonds is 3. The Hall–Kier alpha value is -2.40. The van der Waals surface area contributed by atoms with Crippen molar-refractivity contribution in [2.45, 2.75) is 33.3 Å². The van der Waals surface area contributed by atoms with E-state index in [9.17, 15) is 4.79 Å². The monoisotopic (exact) mass is 352 g/mol. The van der Waals surface area contributed by atoms with Crippen molar-refractivity contribution >= 4 is 11.7 Å². The summed E-state index contributed by atoms with van der Waals surface area (Å²) in [6, 6.07) is 10.1. The third-order valence-electron chi connectivity index (χ3n) is 4.31. The lowest BCUT2D eigenvalue weighted by molar-refractivity contribution is 0.00620. The van der Waals surface area contributed by atoms with Crippen LogP contribution in [-0.4, -0.2) is 42.7 Å². The summed E-state index contributed by atoms with van der Waals surface area (Å²) in [6.45, 7) is 11.1. The van der Waals surface area contributed by atoms with E-state index in [2.05, 4.69) is 21.4 Å². The zero-order valence-corrected chi connectivity index (χ0v) is 15.9. The molecule has 2 aromatic rings. The second-order valence-corrected chi connectivity index (χ2v) is 7.53. The van der Waals surface area contributed by atoms with Crippen LogP contribution in [0.25, 0.3) is 11.1 Å². The zero-order valence-electron chi connectivity index (χ0n) is 15.9. The topological polar surface area (TPSA) is 54.5 Å². The molecule has 1 aromatic carbocycles. The molecule has 0 unspecified atom stereocenters. The minimum atomic E-state index is -0.557. The third kappa shape index (κ3) is 4.05. The number of aromatic nitrogens is 1. The molecule has 1 saturated heterocycles. The van der Waals surface area contributed by atoms with Gasteiger partial charge in [-0.3, -0.25) is 0 Å². The van der Waals surface area contributed by atoms with Crippen molar-refractivity contribution in [3.63, 3.8) is 0 Å². The zero-order chi connectivity index (χ0) is 18.7. The molecule has 26 heavy (non-hydrogen) atoms. The number of nitrogens with zero attached hydrogens (tertiary/aromatic N) is 2. The van der Waals surface area contributed by atoms with Gasteiger partial charge in [-0.15, -0.1) is 0 Å². The predicted molar refractivity (Wildman–Crippen MR) is 103 cm³/mol. The molecule has 137 valence electrons. The fourth-order valence-corrected chi connectivity index (χ4v) is 3.16. The Bertz CT molecular complexity index is 776. The fraction of sp³-hybridized carbons (Fsp3) is 0.429. The van der Waals surface area contributed by atoms with Gasteiger partial charge in [0.25, 0.3) is 0 Å². The van der Waals surface area contributed by atoms with Crippen LogP contribution >= 0.6 is 0 Å². The molecule has 1 aliphatic heterocycles. The summed E-state index contributed by atoms with van der Waals surface area (Å²) in [4.78, 5) is 19.3. The van der Waals surface area contributed by atoms with Crippen LogP contribution < -0.4 is 10.2 Å². The standard InChI is InChI=1S/C21H26N3O2/c1-15-18(20(25)26-21(2,3)4)23-14-17(16-8-6-5-7-9-16)19(15)24-12-10-22-11-13-24/h5-9,22H,10-13H2,1-4H3. The summed E-state index contributed by atoms with van der Waals surface area (Å²) in [5.41, 5.74) is 3.63. The molecule has 0 saturated carbocycles. The van der Waals surface area contributed by atoms with E-state index in [4.69, 9.17) is 4.74 Å². The number of anilines is 1. The highest BCUT2D eigenvalue weighted by Crippen LogP contribution is 2.35. The van der Waals surface area contributed by atoms with Gasteiger partial charge in [0.05, 0.1) is 5.69 Å². The number of ether oxygens (including phenoxy) is 1. The first-order valence-corrected chi connectivity index (χ1v) is 9.03. The van der Waals surface area contributed by atoms with E-state index in [0.29, 0.717) is 5.69 Å². The normalized spacial score (nSPS) is 15.0. The summed E-state index contributed by atoms with van der Waals surface area (Å²) >= 11 is 0. The molecule has 5 nitrogen and oxygen atoms in total. The van der Waals surface area contributed by atoms with Gasteiger partial charge in [-0.25, -0.2) is 9.78 Å². The Labute approximate surface area is 155 Å². The van der Waals surface area contributed by atoms with E-state index >= 15 is 0 Å². The predicted octanol–water partition coefficient (Wildman–Crippen LogP) is 3.22. The van der Waals surface area contributed by atoms with E-state index in [0.717, 1.165) is 48.6 Å². The number of benzene rings is 1. The molecule has 1 N–H and O–H groups in total. The van der Waals surface area contributed by atoms with E-state index in [1.807, 2.05) is 58.0 Å². The largest absolute Gasteiger partial charge is 0.455 e. The molecule has 1 aromatic heterocycles. The fourth-order valence-electron chi connectivity index (χ4n) is 3.16. The van der Waals surface area contributed by atoms with Gasteiger partial charge in [-0.05, 0) is 33.3 Å². The SMILES string of the molecule is Cc1c(C(=O)OC(C)(C)C)n[c]c(-c2ccccc2)c1N1CCNCC1. The van der Waals surface area contributed by atoms with Gasteiger partial charge < -0.3 is 15.0 Å². The molecule has 0 bridgehead atoms. The van der Waals surface area contributed by atoms with Crippen molar-refractivity contribution in [2.24, 2.45) is 0 Å². The first kappa shape index (κ1) is 18.4. The molecule has 0 amide bonds.